The van der Waals surface area contributed by atoms with E-state index in [1.54, 1.807) is 30.4 Å². The molecule has 4 rings (SSSR count). The number of aliphatic hydroxyl groups excluding tert-OH is 1. The van der Waals surface area contributed by atoms with Crippen molar-refractivity contribution in [3.63, 3.8) is 0 Å². The fourth-order valence-electron chi connectivity index (χ4n) is 4.07. The lowest BCUT2D eigenvalue weighted by atomic mass is 10.1. The minimum atomic E-state index is -0.431. The average Bonchev–Trinajstić information content (AvgIpc) is 3.23. The van der Waals surface area contributed by atoms with Gasteiger partial charge in [-0.1, -0.05) is 49.3 Å². The molecule has 2 N–H and O–H groups in total. The number of nitrogens with one attached hydrogen (secondary N) is 1. The van der Waals surface area contributed by atoms with Crippen LogP contribution in [0.3, 0.4) is 0 Å². The SMILES string of the molecule is CCCCNC(=O)c1ccc2c(c1)C(=O)C(=CC=CC=CC1=C(O)c3cc(C)ccc3C1=O)C2=O. The maximum Gasteiger partial charge on any atom is 0.251 e. The van der Waals surface area contributed by atoms with E-state index in [1.807, 2.05) is 19.9 Å². The molecule has 0 unspecified atom stereocenters. The summed E-state index contributed by atoms with van der Waals surface area (Å²) in [4.78, 5) is 50.3. The molecule has 0 aliphatic heterocycles. The van der Waals surface area contributed by atoms with E-state index >= 15 is 0 Å². The zero-order valence-corrected chi connectivity index (χ0v) is 19.6. The molecule has 2 aromatic rings. The van der Waals surface area contributed by atoms with Gasteiger partial charge >= 0.3 is 0 Å². The highest BCUT2D eigenvalue weighted by Gasteiger charge is 2.33. The number of aliphatic hydroxyl groups is 1. The molecule has 0 saturated carbocycles. The molecule has 2 aromatic carbocycles. The van der Waals surface area contributed by atoms with Crippen molar-refractivity contribution in [2.24, 2.45) is 0 Å². The van der Waals surface area contributed by atoms with E-state index in [9.17, 15) is 24.3 Å². The Morgan fingerprint density at radius 3 is 2.37 bits per heavy atom. The summed E-state index contributed by atoms with van der Waals surface area (Å²) in [6.45, 7) is 4.46. The van der Waals surface area contributed by atoms with Crippen molar-refractivity contribution in [3.8, 4) is 0 Å². The molecule has 35 heavy (non-hydrogen) atoms. The van der Waals surface area contributed by atoms with E-state index in [0.29, 0.717) is 23.2 Å². The molecule has 0 fully saturated rings. The first kappa shape index (κ1) is 23.8. The number of rotatable bonds is 7. The third-order valence-electron chi connectivity index (χ3n) is 6.00. The number of hydrogen-bond donors (Lipinski definition) is 2. The van der Waals surface area contributed by atoms with Crippen LogP contribution in [0.2, 0.25) is 0 Å². The number of amides is 1. The second-order valence-electron chi connectivity index (χ2n) is 8.49. The maximum atomic E-state index is 12.8. The Kier molecular flexibility index (Phi) is 6.73. The lowest BCUT2D eigenvalue weighted by molar-refractivity contribution is 0.0950. The van der Waals surface area contributed by atoms with Gasteiger partial charge in [0, 0.05) is 34.4 Å². The van der Waals surface area contributed by atoms with Crippen LogP contribution in [0.1, 0.15) is 72.3 Å². The van der Waals surface area contributed by atoms with Gasteiger partial charge in [0.1, 0.15) is 5.76 Å². The fourth-order valence-corrected chi connectivity index (χ4v) is 4.07. The van der Waals surface area contributed by atoms with Crippen LogP contribution >= 0.6 is 0 Å². The van der Waals surface area contributed by atoms with E-state index < -0.39 is 11.6 Å². The highest BCUT2D eigenvalue weighted by atomic mass is 16.3. The van der Waals surface area contributed by atoms with E-state index in [2.05, 4.69) is 5.32 Å². The van der Waals surface area contributed by atoms with E-state index in [4.69, 9.17) is 0 Å². The predicted molar refractivity (Wildman–Crippen MR) is 134 cm³/mol. The molecule has 176 valence electrons. The second kappa shape index (κ2) is 9.89. The molecule has 0 saturated heterocycles. The van der Waals surface area contributed by atoms with Crippen LogP contribution in [0.25, 0.3) is 5.76 Å². The molecule has 0 heterocycles. The molecule has 0 atom stereocenters. The number of carbonyl (C=O) groups excluding carboxylic acids is 4. The Morgan fingerprint density at radius 1 is 0.886 bits per heavy atom. The lowest BCUT2D eigenvalue weighted by Gasteiger charge is -2.05. The number of allylic oxidation sites excluding steroid dienone is 7. The zero-order chi connectivity index (χ0) is 25.1. The number of hydrogen-bond acceptors (Lipinski definition) is 5. The Bertz CT molecular complexity index is 1390. The molecule has 6 heteroatoms. The standard InChI is InChI=1S/C29H25NO5/c1-3-4-14-30-29(35)18-11-13-20-24(16-18)28(34)22(26(20)32)9-7-5-6-8-21-25(31)19-12-10-17(2)15-23(19)27(21)33/h5-13,15-16,33H,3-4,14H2,1-2H3,(H,30,35). The van der Waals surface area contributed by atoms with Crippen molar-refractivity contribution < 1.29 is 24.3 Å². The number of ketones is 3. The van der Waals surface area contributed by atoms with Crippen molar-refractivity contribution >= 4 is 29.0 Å². The average molecular weight is 468 g/mol. The summed E-state index contributed by atoms with van der Waals surface area (Å²) in [6, 6.07) is 9.79. The monoisotopic (exact) mass is 467 g/mol. The van der Waals surface area contributed by atoms with Crippen LogP contribution < -0.4 is 5.32 Å². The van der Waals surface area contributed by atoms with Gasteiger partial charge in [0.2, 0.25) is 0 Å². The maximum absolute atomic E-state index is 12.8. The normalized spacial score (nSPS) is 16.2. The van der Waals surface area contributed by atoms with Gasteiger partial charge in [-0.2, -0.15) is 0 Å². The van der Waals surface area contributed by atoms with Crippen LogP contribution in [-0.4, -0.2) is 34.9 Å². The Morgan fingerprint density at radius 2 is 1.60 bits per heavy atom. The first-order valence-electron chi connectivity index (χ1n) is 11.5. The first-order chi connectivity index (χ1) is 16.8. The molecule has 0 spiro atoms. The van der Waals surface area contributed by atoms with E-state index in [-0.39, 0.29) is 39.7 Å². The summed E-state index contributed by atoms with van der Waals surface area (Å²) >= 11 is 0. The summed E-state index contributed by atoms with van der Waals surface area (Å²) in [6.07, 6.45) is 9.40. The summed E-state index contributed by atoms with van der Waals surface area (Å²) < 4.78 is 0. The molecule has 1 amide bonds. The summed E-state index contributed by atoms with van der Waals surface area (Å²) in [7, 11) is 0. The number of Topliss-reactive ketones (excluding diaryl/α,β-unsaturated/α-hetero) is 3. The number of unbranched alkanes of at least 4 members (excludes halogenated alkanes) is 1. The molecule has 2 aliphatic carbocycles. The summed E-state index contributed by atoms with van der Waals surface area (Å²) in [5.41, 5.74) is 2.93. The number of benzene rings is 2. The van der Waals surface area contributed by atoms with Crippen molar-refractivity contribution in [2.75, 3.05) is 6.54 Å². The Balaban J connectivity index is 1.47. The van der Waals surface area contributed by atoms with E-state index in [1.165, 1.54) is 30.4 Å². The van der Waals surface area contributed by atoms with Gasteiger partial charge in [-0.3, -0.25) is 19.2 Å². The molecule has 2 aliphatic rings. The first-order valence-corrected chi connectivity index (χ1v) is 11.5. The van der Waals surface area contributed by atoms with Crippen molar-refractivity contribution in [1.82, 2.24) is 5.32 Å². The highest BCUT2D eigenvalue weighted by Crippen LogP contribution is 2.32. The zero-order valence-electron chi connectivity index (χ0n) is 19.6. The van der Waals surface area contributed by atoms with Gasteiger partial charge in [-0.15, -0.1) is 0 Å². The fraction of sp³-hybridized carbons (Fsp3) is 0.172. The minimum absolute atomic E-state index is 0.00933. The summed E-state index contributed by atoms with van der Waals surface area (Å²) in [5.74, 6) is -1.43. The third kappa shape index (κ3) is 4.55. The van der Waals surface area contributed by atoms with Gasteiger partial charge in [0.05, 0.1) is 11.1 Å². The predicted octanol–water partition coefficient (Wildman–Crippen LogP) is 5.11. The van der Waals surface area contributed by atoms with Gasteiger partial charge < -0.3 is 10.4 Å². The quantitative estimate of drug-likeness (QED) is 0.255. The van der Waals surface area contributed by atoms with Crippen LogP contribution in [0.4, 0.5) is 0 Å². The largest absolute Gasteiger partial charge is 0.507 e. The molecule has 6 nitrogen and oxygen atoms in total. The Hall–Kier alpha value is -4.32. The highest BCUT2D eigenvalue weighted by molar-refractivity contribution is 6.39. The minimum Gasteiger partial charge on any atom is -0.507 e. The van der Waals surface area contributed by atoms with Gasteiger partial charge in [-0.05, 0) is 49.8 Å². The Labute approximate surface area is 203 Å². The van der Waals surface area contributed by atoms with Crippen molar-refractivity contribution in [1.29, 1.82) is 0 Å². The molecule has 0 radical (unpaired) electrons. The van der Waals surface area contributed by atoms with Crippen molar-refractivity contribution in [2.45, 2.75) is 26.7 Å². The van der Waals surface area contributed by atoms with E-state index in [0.717, 1.165) is 18.4 Å². The number of aryl methyl sites for hydroxylation is 1. The molecular weight excluding hydrogens is 442 g/mol. The van der Waals surface area contributed by atoms with Crippen LogP contribution in [-0.2, 0) is 0 Å². The third-order valence-corrected chi connectivity index (χ3v) is 6.00. The van der Waals surface area contributed by atoms with Gasteiger partial charge in [0.15, 0.2) is 17.3 Å². The molecular formula is C29H25NO5. The number of carbonyl (C=O) groups is 4. The molecule has 0 aromatic heterocycles. The topological polar surface area (TPSA) is 101 Å². The summed E-state index contributed by atoms with van der Waals surface area (Å²) in [5, 5.41) is 13.2. The smallest absolute Gasteiger partial charge is 0.251 e. The van der Waals surface area contributed by atoms with Crippen molar-refractivity contribution in [3.05, 3.63) is 111 Å². The second-order valence-corrected chi connectivity index (χ2v) is 8.49. The van der Waals surface area contributed by atoms with Crippen LogP contribution in [0.15, 0.2) is 77.9 Å². The van der Waals surface area contributed by atoms with Crippen LogP contribution in [0.5, 0.6) is 0 Å². The van der Waals surface area contributed by atoms with Gasteiger partial charge in [0.25, 0.3) is 5.91 Å². The van der Waals surface area contributed by atoms with Crippen LogP contribution in [0, 0.1) is 6.92 Å². The number of fused-ring (bicyclic) bond motifs is 2. The van der Waals surface area contributed by atoms with Gasteiger partial charge in [-0.25, -0.2) is 0 Å². The molecule has 0 bridgehead atoms. The lowest BCUT2D eigenvalue weighted by Crippen LogP contribution is -2.24.